The van der Waals surface area contributed by atoms with Crippen LogP contribution in [0.5, 0.6) is 0 Å². The van der Waals surface area contributed by atoms with Gasteiger partial charge in [-0.05, 0) is 98.9 Å². The highest BCUT2D eigenvalue weighted by molar-refractivity contribution is 5.96. The monoisotopic (exact) mass is 1040 g/mol. The third-order valence-corrected chi connectivity index (χ3v) is 14.4. The van der Waals surface area contributed by atoms with Gasteiger partial charge in [-0.2, -0.15) is 0 Å². The maximum atomic E-state index is 13.6. The van der Waals surface area contributed by atoms with E-state index in [9.17, 15) is 28.8 Å². The lowest BCUT2D eigenvalue weighted by Crippen LogP contribution is -2.54. The van der Waals surface area contributed by atoms with E-state index in [-0.39, 0.29) is 50.3 Å². The number of hydrogen-bond acceptors (Lipinski definition) is 12. The lowest BCUT2D eigenvalue weighted by molar-refractivity contribution is -0.149. The fraction of sp³-hybridized carbons (Fsp3) is 0.500. The minimum atomic E-state index is -1.07. The number of carbonyl (C=O) groups excluding carboxylic acids is 6. The molecular formula is C60H76N4O12. The Morgan fingerprint density at radius 2 is 0.947 bits per heavy atom. The first-order chi connectivity index (χ1) is 36.1. The van der Waals surface area contributed by atoms with Crippen LogP contribution in [-0.4, -0.2) is 119 Å². The molecule has 4 aliphatic rings. The van der Waals surface area contributed by atoms with Crippen LogP contribution in [0.1, 0.15) is 105 Å². The Morgan fingerprint density at radius 1 is 0.579 bits per heavy atom. The van der Waals surface area contributed by atoms with Gasteiger partial charge in [0.1, 0.15) is 47.6 Å². The summed E-state index contributed by atoms with van der Waals surface area (Å²) in [5.74, 6) is -1.78. The molecule has 2 unspecified atom stereocenters. The average molecular weight is 1050 g/mol. The molecule has 4 aromatic rings. The number of esters is 2. The van der Waals surface area contributed by atoms with Crippen LogP contribution in [0.2, 0.25) is 0 Å². The second-order valence-electron chi connectivity index (χ2n) is 22.2. The van der Waals surface area contributed by atoms with E-state index >= 15 is 0 Å². The first-order valence-electron chi connectivity index (χ1n) is 26.5. The maximum Gasteiger partial charge on any atom is 0.411 e. The molecule has 2 aliphatic carbocycles. The smallest absolute Gasteiger partial charge is 0.411 e. The molecule has 2 heterocycles. The van der Waals surface area contributed by atoms with Gasteiger partial charge in [0, 0.05) is 12.8 Å². The molecule has 16 heteroatoms. The van der Waals surface area contributed by atoms with E-state index in [0.29, 0.717) is 38.9 Å². The zero-order valence-electron chi connectivity index (χ0n) is 45.4. The fourth-order valence-electron chi connectivity index (χ4n) is 10.3. The van der Waals surface area contributed by atoms with Gasteiger partial charge in [0.15, 0.2) is 0 Å². The number of likely N-dealkylation sites (tertiary alicyclic amines) is 2. The van der Waals surface area contributed by atoms with E-state index < -0.39 is 70.3 Å². The zero-order valence-corrected chi connectivity index (χ0v) is 45.4. The van der Waals surface area contributed by atoms with E-state index in [0.717, 1.165) is 45.5 Å². The lowest BCUT2D eigenvalue weighted by atomic mass is 10.1. The average Bonchev–Trinajstić information content (AvgIpc) is 4.15. The fourth-order valence-corrected chi connectivity index (χ4v) is 10.3. The van der Waals surface area contributed by atoms with Gasteiger partial charge < -0.3 is 39.1 Å². The summed E-state index contributed by atoms with van der Waals surface area (Å²) in [4.78, 5) is 81.9. The van der Waals surface area contributed by atoms with Crippen molar-refractivity contribution in [3.05, 3.63) is 121 Å². The number of benzene rings is 4. The second-order valence-corrected chi connectivity index (χ2v) is 22.2. The number of rotatable bonds is 18. The number of fused-ring (bicyclic) bond motifs is 2. The third kappa shape index (κ3) is 13.6. The molecule has 2 N–H and O–H groups in total. The molecule has 0 aromatic heterocycles. The SMILES string of the molecule is C=CCOC(=O)[C@@]1(NC(=O)[C@@H]2C[C@@H](OCc3cccc4ccccc34)CN2C(=O)OC(C)(C)C)CC1CC.C=CCOC(=O)[C@]1(NC(=O)[C@@H]2C[C@@H](OCc3cccc4ccccc34)CN2C(=O)OC(C)(C)C)CC1CC. The van der Waals surface area contributed by atoms with Crippen molar-refractivity contribution in [2.75, 3.05) is 26.3 Å². The summed E-state index contributed by atoms with van der Waals surface area (Å²) in [6.45, 7) is 23.1. The van der Waals surface area contributed by atoms with Gasteiger partial charge in [-0.3, -0.25) is 19.4 Å². The number of hydrogen-bond donors (Lipinski definition) is 2. The highest BCUT2D eigenvalue weighted by atomic mass is 16.6. The first kappa shape index (κ1) is 56.9. The Morgan fingerprint density at radius 3 is 1.29 bits per heavy atom. The number of ether oxygens (including phenoxy) is 6. The summed E-state index contributed by atoms with van der Waals surface area (Å²) in [6.07, 6.45) is 4.13. The molecule has 0 radical (unpaired) electrons. The molecule has 16 nitrogen and oxygen atoms in total. The number of nitrogens with one attached hydrogen (secondary N) is 2. The molecule has 4 fully saturated rings. The normalized spacial score (nSPS) is 24.6. The minimum Gasteiger partial charge on any atom is -0.460 e. The maximum absolute atomic E-state index is 13.6. The summed E-state index contributed by atoms with van der Waals surface area (Å²) < 4.78 is 34.3. The van der Waals surface area contributed by atoms with E-state index in [4.69, 9.17) is 28.4 Å². The van der Waals surface area contributed by atoms with E-state index in [1.54, 1.807) is 41.5 Å². The van der Waals surface area contributed by atoms with Crippen molar-refractivity contribution in [1.82, 2.24) is 20.4 Å². The van der Waals surface area contributed by atoms with Crippen LogP contribution >= 0.6 is 0 Å². The Balaban J connectivity index is 0.000000221. The molecule has 4 aromatic carbocycles. The van der Waals surface area contributed by atoms with Crippen LogP contribution in [0, 0.1) is 11.8 Å². The van der Waals surface area contributed by atoms with Gasteiger partial charge in [0.05, 0.1) is 38.5 Å². The Hall–Kier alpha value is -6.78. The summed E-state index contributed by atoms with van der Waals surface area (Å²) in [6, 6.07) is 26.6. The lowest BCUT2D eigenvalue weighted by Gasteiger charge is -2.29. The highest BCUT2D eigenvalue weighted by Gasteiger charge is 2.63. The Bertz CT molecular complexity index is 2590. The molecule has 2 saturated carbocycles. The predicted octanol–water partition coefficient (Wildman–Crippen LogP) is 9.50. The van der Waals surface area contributed by atoms with Gasteiger partial charge in [-0.25, -0.2) is 19.2 Å². The molecule has 408 valence electrons. The van der Waals surface area contributed by atoms with Gasteiger partial charge in [0.25, 0.3) is 0 Å². The molecule has 2 aliphatic heterocycles. The molecule has 8 rings (SSSR count). The van der Waals surface area contributed by atoms with Crippen molar-refractivity contribution in [3.63, 3.8) is 0 Å². The minimum absolute atomic E-state index is 0.0152. The van der Waals surface area contributed by atoms with Crippen LogP contribution in [0.15, 0.2) is 110 Å². The highest BCUT2D eigenvalue weighted by Crippen LogP contribution is 2.48. The Labute approximate surface area is 446 Å². The molecule has 0 spiro atoms. The van der Waals surface area contributed by atoms with Gasteiger partial charge >= 0.3 is 24.1 Å². The molecule has 8 atom stereocenters. The van der Waals surface area contributed by atoms with Crippen molar-refractivity contribution in [2.24, 2.45) is 11.8 Å². The number of carbonyl (C=O) groups is 6. The second kappa shape index (κ2) is 24.0. The third-order valence-electron chi connectivity index (χ3n) is 14.4. The number of nitrogens with zero attached hydrogens (tertiary/aromatic N) is 2. The Kier molecular flexibility index (Phi) is 18.0. The number of amides is 4. The van der Waals surface area contributed by atoms with Crippen LogP contribution in [-0.2, 0) is 60.8 Å². The van der Waals surface area contributed by atoms with Gasteiger partial charge in [0.2, 0.25) is 11.8 Å². The summed E-state index contributed by atoms with van der Waals surface area (Å²) in [7, 11) is 0. The van der Waals surface area contributed by atoms with Crippen molar-refractivity contribution in [2.45, 2.75) is 154 Å². The molecule has 0 bridgehead atoms. The quantitative estimate of drug-likeness (QED) is 0.0547. The van der Waals surface area contributed by atoms with Gasteiger partial charge in [-0.15, -0.1) is 0 Å². The zero-order chi connectivity index (χ0) is 55.0. The molecule has 4 amide bonds. The van der Waals surface area contributed by atoms with Crippen molar-refractivity contribution >= 4 is 57.5 Å². The molecule has 76 heavy (non-hydrogen) atoms. The van der Waals surface area contributed by atoms with Crippen molar-refractivity contribution < 1.29 is 57.2 Å². The molecular weight excluding hydrogens is 969 g/mol. The van der Waals surface area contributed by atoms with E-state index in [2.05, 4.69) is 60.2 Å². The standard InChI is InChI=1S/2C30H38N2O6/c2*1-6-15-36-27(34)30(17-22(30)7-2)31-26(33)25-16-23(18-32(25)28(35)38-29(3,4)5)37-19-21-13-10-12-20-11-8-9-14-24(20)21/h2*6,8-14,22-23,25H,1,7,15-19H2,2-5H3,(H,31,33)/t22?,23-,25+,30+;22?,23-,25+,30-/m11/s1. The van der Waals surface area contributed by atoms with Gasteiger partial charge in [-0.1, -0.05) is 137 Å². The first-order valence-corrected chi connectivity index (χ1v) is 26.5. The predicted molar refractivity (Wildman–Crippen MR) is 289 cm³/mol. The van der Waals surface area contributed by atoms with Crippen molar-refractivity contribution in [1.29, 1.82) is 0 Å². The topological polar surface area (TPSA) is 188 Å². The van der Waals surface area contributed by atoms with Crippen LogP contribution in [0.4, 0.5) is 9.59 Å². The summed E-state index contributed by atoms with van der Waals surface area (Å²) in [5, 5.41) is 10.3. The largest absolute Gasteiger partial charge is 0.460 e. The van der Waals surface area contributed by atoms with Crippen LogP contribution in [0.25, 0.3) is 21.5 Å². The van der Waals surface area contributed by atoms with Crippen molar-refractivity contribution in [3.8, 4) is 0 Å². The van der Waals surface area contributed by atoms with E-state index in [1.165, 1.54) is 22.0 Å². The summed E-state index contributed by atoms with van der Waals surface area (Å²) in [5.41, 5.74) is -1.52. The van der Waals surface area contributed by atoms with E-state index in [1.807, 2.05) is 62.4 Å². The van der Waals surface area contributed by atoms with Crippen LogP contribution < -0.4 is 10.6 Å². The van der Waals surface area contributed by atoms with Crippen LogP contribution in [0.3, 0.4) is 0 Å². The molecule has 2 saturated heterocycles. The summed E-state index contributed by atoms with van der Waals surface area (Å²) >= 11 is 0.